The van der Waals surface area contributed by atoms with Gasteiger partial charge in [-0.2, -0.15) is 0 Å². The van der Waals surface area contributed by atoms with Crippen molar-refractivity contribution in [3.63, 3.8) is 0 Å². The summed E-state index contributed by atoms with van der Waals surface area (Å²) in [5, 5.41) is 3.66. The molecule has 1 rings (SSSR count). The molecule has 0 aromatic rings. The maximum absolute atomic E-state index is 3.66. The Bertz CT molecular complexity index is 180. The Morgan fingerprint density at radius 2 is 2.00 bits per heavy atom. The van der Waals surface area contributed by atoms with Gasteiger partial charge in [-0.3, -0.25) is 4.90 Å². The van der Waals surface area contributed by atoms with E-state index in [9.17, 15) is 0 Å². The summed E-state index contributed by atoms with van der Waals surface area (Å²) in [7, 11) is 0. The highest BCUT2D eigenvalue weighted by atomic mass is 15.2. The first-order valence-corrected chi connectivity index (χ1v) is 7.12. The molecule has 1 N–H and O–H groups in total. The summed E-state index contributed by atoms with van der Waals surface area (Å²) in [5.41, 5.74) is 0. The fourth-order valence-corrected chi connectivity index (χ4v) is 2.45. The monoisotopic (exact) mass is 226 g/mol. The zero-order valence-electron chi connectivity index (χ0n) is 11.6. The van der Waals surface area contributed by atoms with Crippen molar-refractivity contribution >= 4 is 0 Å². The number of piperazine rings is 1. The first kappa shape index (κ1) is 14.0. The fourth-order valence-electron chi connectivity index (χ4n) is 2.45. The molecule has 2 atom stereocenters. The predicted molar refractivity (Wildman–Crippen MR) is 71.8 cm³/mol. The number of unbranched alkanes of at least 4 members (excludes halogenated alkanes) is 3. The highest BCUT2D eigenvalue weighted by Crippen LogP contribution is 2.13. The van der Waals surface area contributed by atoms with E-state index in [-0.39, 0.29) is 0 Å². The molecule has 2 unspecified atom stereocenters. The molecule has 0 aromatic heterocycles. The molecule has 0 amide bonds. The summed E-state index contributed by atoms with van der Waals surface area (Å²) in [5.74, 6) is 0.755. The van der Waals surface area contributed by atoms with Gasteiger partial charge in [-0.25, -0.2) is 0 Å². The zero-order valence-corrected chi connectivity index (χ0v) is 11.6. The first-order valence-electron chi connectivity index (χ1n) is 7.12. The second-order valence-corrected chi connectivity index (χ2v) is 5.66. The molecule has 2 heteroatoms. The summed E-state index contributed by atoms with van der Waals surface area (Å²) in [6.45, 7) is 13.0. The molecule has 96 valence electrons. The molecule has 1 heterocycles. The normalized spacial score (nSPS) is 27.6. The van der Waals surface area contributed by atoms with Crippen molar-refractivity contribution in [2.45, 2.75) is 65.5 Å². The van der Waals surface area contributed by atoms with Crippen molar-refractivity contribution in [2.24, 2.45) is 5.92 Å². The lowest BCUT2D eigenvalue weighted by Crippen LogP contribution is -2.57. The Balaban J connectivity index is 2.26. The zero-order chi connectivity index (χ0) is 12.0. The van der Waals surface area contributed by atoms with Crippen LogP contribution >= 0.6 is 0 Å². The highest BCUT2D eigenvalue weighted by Gasteiger charge is 2.25. The second-order valence-electron chi connectivity index (χ2n) is 5.66. The van der Waals surface area contributed by atoms with Gasteiger partial charge in [0.15, 0.2) is 0 Å². The lowest BCUT2D eigenvalue weighted by atomic mass is 9.99. The second kappa shape index (κ2) is 7.29. The van der Waals surface area contributed by atoms with Crippen molar-refractivity contribution in [3.8, 4) is 0 Å². The smallest absolute Gasteiger partial charge is 0.0218 e. The lowest BCUT2D eigenvalue weighted by molar-refractivity contribution is 0.121. The van der Waals surface area contributed by atoms with Gasteiger partial charge >= 0.3 is 0 Å². The van der Waals surface area contributed by atoms with E-state index in [0.717, 1.165) is 18.5 Å². The third-order valence-electron chi connectivity index (χ3n) is 3.83. The minimum atomic E-state index is 0.697. The highest BCUT2D eigenvalue weighted by molar-refractivity contribution is 4.85. The molecule has 1 aliphatic heterocycles. The molecule has 0 bridgehead atoms. The van der Waals surface area contributed by atoms with Crippen LogP contribution in [0.4, 0.5) is 0 Å². The maximum Gasteiger partial charge on any atom is 0.0218 e. The Morgan fingerprint density at radius 3 is 2.62 bits per heavy atom. The van der Waals surface area contributed by atoms with Crippen LogP contribution in [0.3, 0.4) is 0 Å². The third kappa shape index (κ3) is 4.42. The van der Waals surface area contributed by atoms with Crippen LogP contribution in [0.1, 0.15) is 53.4 Å². The van der Waals surface area contributed by atoms with Crippen molar-refractivity contribution < 1.29 is 0 Å². The minimum Gasteiger partial charge on any atom is -0.311 e. The molecule has 1 aliphatic rings. The van der Waals surface area contributed by atoms with Gasteiger partial charge < -0.3 is 5.32 Å². The molecule has 1 fully saturated rings. The van der Waals surface area contributed by atoms with Gasteiger partial charge in [-0.1, -0.05) is 40.0 Å². The predicted octanol–water partition coefficient (Wildman–Crippen LogP) is 2.89. The van der Waals surface area contributed by atoms with Crippen LogP contribution in [0.5, 0.6) is 0 Å². The van der Waals surface area contributed by atoms with Gasteiger partial charge in [0.1, 0.15) is 0 Å². The number of hydrogen-bond donors (Lipinski definition) is 1. The van der Waals surface area contributed by atoms with Crippen molar-refractivity contribution in [1.82, 2.24) is 10.2 Å². The number of nitrogens with one attached hydrogen (secondary N) is 1. The van der Waals surface area contributed by atoms with E-state index in [2.05, 4.69) is 37.9 Å². The largest absolute Gasteiger partial charge is 0.311 e. The maximum atomic E-state index is 3.66. The van der Waals surface area contributed by atoms with E-state index in [1.54, 1.807) is 0 Å². The first-order chi connectivity index (χ1) is 7.65. The van der Waals surface area contributed by atoms with E-state index in [4.69, 9.17) is 0 Å². The molecule has 1 saturated heterocycles. The molecule has 0 radical (unpaired) electrons. The summed E-state index contributed by atoms with van der Waals surface area (Å²) in [6.07, 6.45) is 5.52. The van der Waals surface area contributed by atoms with Crippen molar-refractivity contribution in [1.29, 1.82) is 0 Å². The molecule has 2 nitrogen and oxygen atoms in total. The summed E-state index contributed by atoms with van der Waals surface area (Å²) >= 11 is 0. The number of hydrogen-bond acceptors (Lipinski definition) is 2. The Labute approximate surface area is 102 Å². The quantitative estimate of drug-likeness (QED) is 0.701. The van der Waals surface area contributed by atoms with Crippen LogP contribution < -0.4 is 5.32 Å². The van der Waals surface area contributed by atoms with Crippen LogP contribution in [-0.2, 0) is 0 Å². The molecule has 0 aromatic carbocycles. The van der Waals surface area contributed by atoms with E-state index in [1.165, 1.54) is 38.8 Å². The number of nitrogens with zero attached hydrogens (tertiary/aromatic N) is 1. The summed E-state index contributed by atoms with van der Waals surface area (Å²) in [6, 6.07) is 1.42. The van der Waals surface area contributed by atoms with Crippen LogP contribution in [0.15, 0.2) is 0 Å². The third-order valence-corrected chi connectivity index (χ3v) is 3.83. The minimum absolute atomic E-state index is 0.697. The molecule has 0 saturated carbocycles. The lowest BCUT2D eigenvalue weighted by Gasteiger charge is -2.40. The Kier molecular flexibility index (Phi) is 6.37. The fraction of sp³-hybridized carbons (Fsp3) is 1.00. The molecular formula is C14H30N2. The van der Waals surface area contributed by atoms with Crippen molar-refractivity contribution in [3.05, 3.63) is 0 Å². The number of rotatable bonds is 6. The Hall–Kier alpha value is -0.0800. The van der Waals surface area contributed by atoms with E-state index in [1.807, 2.05) is 0 Å². The topological polar surface area (TPSA) is 15.3 Å². The molecule has 16 heavy (non-hydrogen) atoms. The van der Waals surface area contributed by atoms with Crippen molar-refractivity contribution in [2.75, 3.05) is 19.6 Å². The summed E-state index contributed by atoms with van der Waals surface area (Å²) in [4.78, 5) is 2.68. The van der Waals surface area contributed by atoms with E-state index in [0.29, 0.717) is 6.04 Å². The standard InChI is InChI=1S/C14H30N2/c1-5-6-7-8-9-16-11-14(12(2)3)15-10-13(16)4/h12-15H,5-11H2,1-4H3. The van der Waals surface area contributed by atoms with Gasteiger partial charge in [-0.15, -0.1) is 0 Å². The SMILES string of the molecule is CCCCCCN1CC(C(C)C)NCC1C. The molecule has 0 aliphatic carbocycles. The van der Waals surface area contributed by atoms with Crippen LogP contribution in [0, 0.1) is 5.92 Å². The Morgan fingerprint density at radius 1 is 1.25 bits per heavy atom. The average molecular weight is 226 g/mol. The van der Waals surface area contributed by atoms with Gasteiger partial charge in [0, 0.05) is 25.2 Å². The van der Waals surface area contributed by atoms with Crippen LogP contribution in [-0.4, -0.2) is 36.6 Å². The average Bonchev–Trinajstić information content (AvgIpc) is 2.26. The van der Waals surface area contributed by atoms with Crippen LogP contribution in [0.2, 0.25) is 0 Å². The summed E-state index contributed by atoms with van der Waals surface area (Å²) < 4.78 is 0. The molecule has 0 spiro atoms. The van der Waals surface area contributed by atoms with Gasteiger partial charge in [0.05, 0.1) is 0 Å². The molecular weight excluding hydrogens is 196 g/mol. The van der Waals surface area contributed by atoms with E-state index < -0.39 is 0 Å². The van der Waals surface area contributed by atoms with Gasteiger partial charge in [0.2, 0.25) is 0 Å². The van der Waals surface area contributed by atoms with Gasteiger partial charge in [-0.05, 0) is 25.8 Å². The van der Waals surface area contributed by atoms with Gasteiger partial charge in [0.25, 0.3) is 0 Å². The van der Waals surface area contributed by atoms with Crippen LogP contribution in [0.25, 0.3) is 0 Å². The van der Waals surface area contributed by atoms with E-state index >= 15 is 0 Å².